The van der Waals surface area contributed by atoms with Gasteiger partial charge in [-0.15, -0.1) is 0 Å². The molecule has 1 heterocycles. The number of aryl methyl sites for hydroxylation is 1. The van der Waals surface area contributed by atoms with Crippen LogP contribution in [0.1, 0.15) is 25.7 Å². The van der Waals surface area contributed by atoms with E-state index in [9.17, 15) is 0 Å². The van der Waals surface area contributed by atoms with Crippen LogP contribution in [0.25, 0.3) is 10.9 Å². The molecule has 0 radical (unpaired) electrons. The summed E-state index contributed by atoms with van der Waals surface area (Å²) in [6.45, 7) is 4.59. The molecule has 0 spiro atoms. The summed E-state index contributed by atoms with van der Waals surface area (Å²) in [5.74, 6) is 1.72. The SMILES string of the molecule is CN=C(NCCCOCC1CC1)NCCCn1ccc2ccccc21. The molecule has 3 rings (SSSR count). The highest BCUT2D eigenvalue weighted by molar-refractivity contribution is 5.80. The highest BCUT2D eigenvalue weighted by Crippen LogP contribution is 2.28. The molecular formula is C20H30N4O. The highest BCUT2D eigenvalue weighted by Gasteiger charge is 2.20. The highest BCUT2D eigenvalue weighted by atomic mass is 16.5. The van der Waals surface area contributed by atoms with Crippen molar-refractivity contribution in [2.75, 3.05) is 33.4 Å². The van der Waals surface area contributed by atoms with E-state index in [1.165, 1.54) is 23.7 Å². The monoisotopic (exact) mass is 342 g/mol. The van der Waals surface area contributed by atoms with E-state index in [0.29, 0.717) is 0 Å². The Hall–Kier alpha value is -2.01. The molecule has 1 saturated carbocycles. The molecule has 25 heavy (non-hydrogen) atoms. The molecule has 2 N–H and O–H groups in total. The van der Waals surface area contributed by atoms with Gasteiger partial charge in [0, 0.05) is 51.6 Å². The lowest BCUT2D eigenvalue weighted by Gasteiger charge is -2.12. The van der Waals surface area contributed by atoms with Crippen LogP contribution in [0.15, 0.2) is 41.5 Å². The Labute approximate surface area is 150 Å². The number of ether oxygens (including phenoxy) is 1. The Morgan fingerprint density at radius 3 is 2.76 bits per heavy atom. The number of aliphatic imine (C=N–C) groups is 1. The van der Waals surface area contributed by atoms with E-state index in [4.69, 9.17) is 4.74 Å². The number of rotatable bonds is 10. The van der Waals surface area contributed by atoms with E-state index in [-0.39, 0.29) is 0 Å². The van der Waals surface area contributed by atoms with Gasteiger partial charge in [-0.2, -0.15) is 0 Å². The molecular weight excluding hydrogens is 312 g/mol. The van der Waals surface area contributed by atoms with Crippen LogP contribution in [0.5, 0.6) is 0 Å². The predicted molar refractivity (Wildman–Crippen MR) is 104 cm³/mol. The molecule has 5 heteroatoms. The predicted octanol–water partition coefficient (Wildman–Crippen LogP) is 3.01. The van der Waals surface area contributed by atoms with Gasteiger partial charge >= 0.3 is 0 Å². The largest absolute Gasteiger partial charge is 0.381 e. The Balaban J connectivity index is 1.27. The first-order chi connectivity index (χ1) is 12.4. The third-order valence-corrected chi connectivity index (χ3v) is 4.58. The van der Waals surface area contributed by atoms with E-state index in [1.54, 1.807) is 0 Å². The van der Waals surface area contributed by atoms with E-state index >= 15 is 0 Å². The molecule has 1 fully saturated rings. The number of fused-ring (bicyclic) bond motifs is 1. The smallest absolute Gasteiger partial charge is 0.190 e. The lowest BCUT2D eigenvalue weighted by atomic mass is 10.2. The topological polar surface area (TPSA) is 50.6 Å². The molecule has 0 unspecified atom stereocenters. The van der Waals surface area contributed by atoms with Crippen molar-refractivity contribution in [3.63, 3.8) is 0 Å². The second-order valence-corrected chi connectivity index (χ2v) is 6.72. The summed E-state index contributed by atoms with van der Waals surface area (Å²) in [5.41, 5.74) is 1.30. The average molecular weight is 342 g/mol. The van der Waals surface area contributed by atoms with Crippen LogP contribution in [0.3, 0.4) is 0 Å². The van der Waals surface area contributed by atoms with Gasteiger partial charge in [-0.05, 0) is 49.1 Å². The summed E-state index contributed by atoms with van der Waals surface area (Å²) in [4.78, 5) is 4.28. The first kappa shape index (κ1) is 17.8. The minimum absolute atomic E-state index is 0.835. The minimum atomic E-state index is 0.835. The van der Waals surface area contributed by atoms with Gasteiger partial charge in [-0.3, -0.25) is 4.99 Å². The lowest BCUT2D eigenvalue weighted by molar-refractivity contribution is 0.123. The van der Waals surface area contributed by atoms with Crippen molar-refractivity contribution in [3.05, 3.63) is 36.5 Å². The van der Waals surface area contributed by atoms with E-state index < -0.39 is 0 Å². The number of benzene rings is 1. The molecule has 0 aliphatic heterocycles. The minimum Gasteiger partial charge on any atom is -0.381 e. The van der Waals surface area contributed by atoms with Gasteiger partial charge < -0.3 is 19.9 Å². The van der Waals surface area contributed by atoms with Gasteiger partial charge in [0.25, 0.3) is 0 Å². The number of hydrogen-bond donors (Lipinski definition) is 2. The fraction of sp³-hybridized carbons (Fsp3) is 0.550. The maximum Gasteiger partial charge on any atom is 0.190 e. The zero-order valence-electron chi connectivity index (χ0n) is 15.2. The van der Waals surface area contributed by atoms with Crippen LogP contribution in [0.4, 0.5) is 0 Å². The maximum atomic E-state index is 5.64. The first-order valence-electron chi connectivity index (χ1n) is 9.43. The Kier molecular flexibility index (Phi) is 6.74. The Bertz CT molecular complexity index is 675. The second-order valence-electron chi connectivity index (χ2n) is 6.72. The van der Waals surface area contributed by atoms with E-state index in [1.807, 2.05) is 7.05 Å². The zero-order chi connectivity index (χ0) is 17.3. The number of nitrogens with zero attached hydrogens (tertiary/aromatic N) is 2. The van der Waals surface area contributed by atoms with Gasteiger partial charge in [0.15, 0.2) is 5.96 Å². The fourth-order valence-electron chi connectivity index (χ4n) is 2.93. The number of hydrogen-bond acceptors (Lipinski definition) is 2. The molecule has 0 saturated heterocycles. The summed E-state index contributed by atoms with van der Waals surface area (Å²) in [6.07, 6.45) is 6.95. The summed E-state index contributed by atoms with van der Waals surface area (Å²) < 4.78 is 7.95. The summed E-state index contributed by atoms with van der Waals surface area (Å²) in [7, 11) is 1.82. The van der Waals surface area contributed by atoms with Gasteiger partial charge in [-0.25, -0.2) is 0 Å². The molecule has 0 bridgehead atoms. The van der Waals surface area contributed by atoms with E-state index in [0.717, 1.165) is 57.6 Å². The Morgan fingerprint density at radius 1 is 1.16 bits per heavy atom. The molecule has 0 amide bonds. The van der Waals surface area contributed by atoms with Crippen LogP contribution >= 0.6 is 0 Å². The van der Waals surface area contributed by atoms with Crippen LogP contribution in [-0.4, -0.2) is 43.9 Å². The maximum absolute atomic E-state index is 5.64. The molecule has 0 atom stereocenters. The normalized spacial score (nSPS) is 14.8. The van der Waals surface area contributed by atoms with Crippen molar-refractivity contribution < 1.29 is 4.74 Å². The quantitative estimate of drug-likeness (QED) is 0.396. The lowest BCUT2D eigenvalue weighted by Crippen LogP contribution is -2.38. The summed E-state index contributed by atoms with van der Waals surface area (Å²) >= 11 is 0. The summed E-state index contributed by atoms with van der Waals surface area (Å²) in [6, 6.07) is 10.7. The van der Waals surface area contributed by atoms with Crippen molar-refractivity contribution >= 4 is 16.9 Å². The molecule has 1 aliphatic rings. The third kappa shape index (κ3) is 5.78. The Morgan fingerprint density at radius 2 is 1.96 bits per heavy atom. The fourth-order valence-corrected chi connectivity index (χ4v) is 2.93. The van der Waals surface area contributed by atoms with Gasteiger partial charge in [-0.1, -0.05) is 18.2 Å². The molecule has 2 aromatic rings. The van der Waals surface area contributed by atoms with E-state index in [2.05, 4.69) is 56.7 Å². The van der Waals surface area contributed by atoms with Crippen LogP contribution < -0.4 is 10.6 Å². The van der Waals surface area contributed by atoms with Crippen molar-refractivity contribution in [1.82, 2.24) is 15.2 Å². The van der Waals surface area contributed by atoms with Gasteiger partial charge in [0.2, 0.25) is 0 Å². The average Bonchev–Trinajstić information content (AvgIpc) is 3.38. The standard InChI is InChI=1S/C20H30N4O/c1-21-20(23-12-5-15-25-16-17-8-9-17)22-11-4-13-24-14-10-18-6-2-3-7-19(18)24/h2-3,6-7,10,14,17H,4-5,8-9,11-13,15-16H2,1H3,(H2,21,22,23). The molecule has 1 aromatic carbocycles. The molecule has 1 aromatic heterocycles. The van der Waals surface area contributed by atoms with Gasteiger partial charge in [0.05, 0.1) is 0 Å². The third-order valence-electron chi connectivity index (χ3n) is 4.58. The van der Waals surface area contributed by atoms with Crippen LogP contribution in [0.2, 0.25) is 0 Å². The van der Waals surface area contributed by atoms with Crippen molar-refractivity contribution in [1.29, 1.82) is 0 Å². The van der Waals surface area contributed by atoms with Crippen molar-refractivity contribution in [2.45, 2.75) is 32.2 Å². The number of para-hydroxylation sites is 1. The zero-order valence-corrected chi connectivity index (χ0v) is 15.2. The molecule has 5 nitrogen and oxygen atoms in total. The second kappa shape index (κ2) is 9.47. The van der Waals surface area contributed by atoms with Gasteiger partial charge in [0.1, 0.15) is 0 Å². The van der Waals surface area contributed by atoms with Crippen molar-refractivity contribution in [3.8, 4) is 0 Å². The molecule has 1 aliphatic carbocycles. The van der Waals surface area contributed by atoms with Crippen molar-refractivity contribution in [2.24, 2.45) is 10.9 Å². The molecule has 136 valence electrons. The number of aromatic nitrogens is 1. The van der Waals surface area contributed by atoms with Crippen LogP contribution in [-0.2, 0) is 11.3 Å². The first-order valence-corrected chi connectivity index (χ1v) is 9.43. The van der Waals surface area contributed by atoms with Crippen LogP contribution in [0, 0.1) is 5.92 Å². The number of guanidine groups is 1. The summed E-state index contributed by atoms with van der Waals surface area (Å²) in [5, 5.41) is 8.03. The number of nitrogens with one attached hydrogen (secondary N) is 2.